The standard InChI is InChI=1S/C8H10.C5H5N.3C2H6.CH4/c1-7-3-5-8(2)6-4-7;1-2-4-6-5-3-1;3*1-2;/h3-6H,1-2H3;1-5H;3*1-2H3;1H4. The van der Waals surface area contributed by atoms with Gasteiger partial charge in [0.15, 0.2) is 0 Å². The second-order valence-corrected chi connectivity index (χ2v) is 3.18. The van der Waals surface area contributed by atoms with Gasteiger partial charge in [-0.1, -0.05) is 90.4 Å². The second kappa shape index (κ2) is 26.8. The molecule has 0 saturated carbocycles. The monoisotopic (exact) mass is 291 g/mol. The largest absolute Gasteiger partial charge is 0.265 e. The first kappa shape index (κ1) is 27.7. The molecule has 122 valence electrons. The Balaban J connectivity index is -0.0000000997. The van der Waals surface area contributed by atoms with Crippen LogP contribution in [-0.4, -0.2) is 4.98 Å². The van der Waals surface area contributed by atoms with E-state index in [-0.39, 0.29) is 7.43 Å². The lowest BCUT2D eigenvalue weighted by atomic mass is 10.2. The smallest absolute Gasteiger partial charge is 0.0267 e. The van der Waals surface area contributed by atoms with E-state index >= 15 is 0 Å². The van der Waals surface area contributed by atoms with Crippen molar-refractivity contribution in [2.24, 2.45) is 0 Å². The van der Waals surface area contributed by atoms with E-state index in [2.05, 4.69) is 43.1 Å². The van der Waals surface area contributed by atoms with Crippen molar-refractivity contribution >= 4 is 0 Å². The lowest BCUT2D eigenvalue weighted by molar-refractivity contribution is 1.33. The number of hydrogen-bond acceptors (Lipinski definition) is 1. The maximum Gasteiger partial charge on any atom is 0.0267 e. The van der Waals surface area contributed by atoms with Gasteiger partial charge in [-0.3, -0.25) is 4.98 Å². The van der Waals surface area contributed by atoms with Gasteiger partial charge in [0.25, 0.3) is 0 Å². The van der Waals surface area contributed by atoms with Crippen LogP contribution in [0.5, 0.6) is 0 Å². The van der Waals surface area contributed by atoms with Crippen LogP contribution in [-0.2, 0) is 0 Å². The van der Waals surface area contributed by atoms with Crippen LogP contribution < -0.4 is 0 Å². The number of aromatic nitrogens is 1. The van der Waals surface area contributed by atoms with E-state index in [1.807, 2.05) is 59.7 Å². The van der Waals surface area contributed by atoms with Crippen molar-refractivity contribution in [2.75, 3.05) is 0 Å². The van der Waals surface area contributed by atoms with Gasteiger partial charge in [0.2, 0.25) is 0 Å². The van der Waals surface area contributed by atoms with E-state index in [0.29, 0.717) is 0 Å². The van der Waals surface area contributed by atoms with Crippen LogP contribution in [0.4, 0.5) is 0 Å². The first-order chi connectivity index (χ1) is 9.79. The summed E-state index contributed by atoms with van der Waals surface area (Å²) in [6, 6.07) is 14.2. The molecule has 1 aromatic heterocycles. The van der Waals surface area contributed by atoms with Crippen LogP contribution in [0.1, 0.15) is 60.1 Å². The number of nitrogens with zero attached hydrogens (tertiary/aromatic N) is 1. The molecule has 0 amide bonds. The summed E-state index contributed by atoms with van der Waals surface area (Å²) in [4.78, 5) is 3.78. The van der Waals surface area contributed by atoms with E-state index in [9.17, 15) is 0 Å². The number of aryl methyl sites for hydroxylation is 2. The molecule has 0 unspecified atom stereocenters. The van der Waals surface area contributed by atoms with Gasteiger partial charge in [-0.05, 0) is 26.0 Å². The summed E-state index contributed by atoms with van der Waals surface area (Å²) in [7, 11) is 0. The van der Waals surface area contributed by atoms with Gasteiger partial charge in [-0.25, -0.2) is 0 Å². The molecule has 0 bridgehead atoms. The summed E-state index contributed by atoms with van der Waals surface area (Å²) in [6.07, 6.45) is 3.50. The topological polar surface area (TPSA) is 12.9 Å². The molecule has 0 N–H and O–H groups in total. The maximum atomic E-state index is 3.78. The Morgan fingerprint density at radius 3 is 1.00 bits per heavy atom. The van der Waals surface area contributed by atoms with Crippen LogP contribution in [0.3, 0.4) is 0 Å². The number of benzene rings is 1. The molecule has 2 rings (SSSR count). The minimum Gasteiger partial charge on any atom is -0.265 e. The van der Waals surface area contributed by atoms with Crippen molar-refractivity contribution in [3.8, 4) is 0 Å². The second-order valence-electron chi connectivity index (χ2n) is 3.18. The summed E-state index contributed by atoms with van der Waals surface area (Å²) in [6.45, 7) is 16.2. The molecule has 2 aromatic rings. The van der Waals surface area contributed by atoms with Gasteiger partial charge in [0.05, 0.1) is 0 Å². The predicted octanol–water partition coefficient (Wildman–Crippen LogP) is 7.10. The van der Waals surface area contributed by atoms with Gasteiger partial charge in [-0.15, -0.1) is 0 Å². The van der Waals surface area contributed by atoms with Gasteiger partial charge in [0.1, 0.15) is 0 Å². The Kier molecular flexibility index (Phi) is 35.4. The predicted molar refractivity (Wildman–Crippen MR) is 101 cm³/mol. The summed E-state index contributed by atoms with van der Waals surface area (Å²) >= 11 is 0. The quantitative estimate of drug-likeness (QED) is 0.504. The summed E-state index contributed by atoms with van der Waals surface area (Å²) in [5, 5.41) is 0. The normalized spacial score (nSPS) is 6.67. The van der Waals surface area contributed by atoms with Crippen LogP contribution in [0, 0.1) is 13.8 Å². The fraction of sp³-hybridized carbons (Fsp3) is 0.450. The van der Waals surface area contributed by atoms with Crippen molar-refractivity contribution in [2.45, 2.75) is 62.8 Å². The molecule has 1 nitrogen and oxygen atoms in total. The van der Waals surface area contributed by atoms with E-state index in [1.165, 1.54) is 11.1 Å². The Hall–Kier alpha value is -1.63. The third-order valence-corrected chi connectivity index (χ3v) is 1.78. The molecule has 0 atom stereocenters. The minimum absolute atomic E-state index is 0. The molecule has 1 aromatic carbocycles. The average molecular weight is 292 g/mol. The molecule has 1 heterocycles. The van der Waals surface area contributed by atoms with E-state index in [0.717, 1.165) is 0 Å². The van der Waals surface area contributed by atoms with Gasteiger partial charge < -0.3 is 0 Å². The van der Waals surface area contributed by atoms with Gasteiger partial charge in [0, 0.05) is 12.4 Å². The fourth-order valence-corrected chi connectivity index (χ4v) is 0.949. The van der Waals surface area contributed by atoms with E-state index in [1.54, 1.807) is 12.4 Å². The zero-order chi connectivity index (χ0) is 16.2. The lowest BCUT2D eigenvalue weighted by Crippen LogP contribution is -1.70. The highest BCUT2D eigenvalue weighted by Crippen LogP contribution is 1.99. The first-order valence-corrected chi connectivity index (χ1v) is 7.67. The molecule has 0 aliphatic heterocycles. The molecule has 0 fully saturated rings. The number of pyridine rings is 1. The highest BCUT2D eigenvalue weighted by Gasteiger charge is 1.79. The SMILES string of the molecule is C.CC.CC.CC.Cc1ccc(C)cc1.c1ccncc1. The summed E-state index contributed by atoms with van der Waals surface area (Å²) in [5.41, 5.74) is 2.66. The van der Waals surface area contributed by atoms with Crippen molar-refractivity contribution in [1.29, 1.82) is 0 Å². The Labute approximate surface area is 134 Å². The fourth-order valence-electron chi connectivity index (χ4n) is 0.949. The minimum atomic E-state index is 0. The van der Waals surface area contributed by atoms with Gasteiger partial charge in [-0.2, -0.15) is 0 Å². The highest BCUT2D eigenvalue weighted by molar-refractivity contribution is 5.19. The molecule has 0 saturated heterocycles. The highest BCUT2D eigenvalue weighted by atomic mass is 14.6. The lowest BCUT2D eigenvalue weighted by Gasteiger charge is -1.90. The third kappa shape index (κ3) is 23.8. The zero-order valence-corrected chi connectivity index (χ0v) is 14.6. The van der Waals surface area contributed by atoms with Crippen LogP contribution in [0.2, 0.25) is 0 Å². The van der Waals surface area contributed by atoms with Crippen molar-refractivity contribution < 1.29 is 0 Å². The molecule has 0 spiro atoms. The zero-order valence-electron chi connectivity index (χ0n) is 14.6. The van der Waals surface area contributed by atoms with E-state index < -0.39 is 0 Å². The molecule has 1 heteroatoms. The van der Waals surface area contributed by atoms with Crippen molar-refractivity contribution in [3.05, 3.63) is 66.0 Å². The first-order valence-electron chi connectivity index (χ1n) is 7.67. The average Bonchev–Trinajstić information content (AvgIpc) is 2.58. The maximum absolute atomic E-state index is 3.78. The van der Waals surface area contributed by atoms with Crippen LogP contribution >= 0.6 is 0 Å². The van der Waals surface area contributed by atoms with Crippen molar-refractivity contribution in [3.63, 3.8) is 0 Å². The molecule has 0 aliphatic rings. The Morgan fingerprint density at radius 2 is 0.857 bits per heavy atom. The third-order valence-electron chi connectivity index (χ3n) is 1.78. The molecular weight excluding hydrogens is 254 g/mol. The van der Waals surface area contributed by atoms with Gasteiger partial charge >= 0.3 is 0 Å². The molecule has 0 aliphatic carbocycles. The summed E-state index contributed by atoms with van der Waals surface area (Å²) < 4.78 is 0. The number of hydrogen-bond donors (Lipinski definition) is 0. The number of rotatable bonds is 0. The van der Waals surface area contributed by atoms with Crippen LogP contribution in [0.25, 0.3) is 0 Å². The Morgan fingerprint density at radius 1 is 0.571 bits per heavy atom. The molecule has 21 heavy (non-hydrogen) atoms. The van der Waals surface area contributed by atoms with E-state index in [4.69, 9.17) is 0 Å². The summed E-state index contributed by atoms with van der Waals surface area (Å²) in [5.74, 6) is 0. The van der Waals surface area contributed by atoms with Crippen molar-refractivity contribution in [1.82, 2.24) is 4.98 Å². The molecular formula is C20H37N. The Bertz CT molecular complexity index is 290. The molecule has 0 radical (unpaired) electrons. The van der Waals surface area contributed by atoms with Crippen LogP contribution in [0.15, 0.2) is 54.9 Å².